The molecule has 1 amide bonds. The number of nitrogen functional groups attached to an aromatic ring is 1. The van der Waals surface area contributed by atoms with Gasteiger partial charge in [0.05, 0.1) is 27.0 Å². The van der Waals surface area contributed by atoms with Crippen LogP contribution in [0.25, 0.3) is 10.1 Å². The second kappa shape index (κ2) is 16.5. The van der Waals surface area contributed by atoms with Gasteiger partial charge in [0, 0.05) is 37.1 Å². The Bertz CT molecular complexity index is 1850. The van der Waals surface area contributed by atoms with Gasteiger partial charge in [-0.3, -0.25) is 10.1 Å². The van der Waals surface area contributed by atoms with Crippen molar-refractivity contribution in [3.8, 4) is 0 Å². The topological polar surface area (TPSA) is 118 Å². The summed E-state index contributed by atoms with van der Waals surface area (Å²) in [7, 11) is 0. The summed E-state index contributed by atoms with van der Waals surface area (Å²) in [5.74, 6) is -1.11. The zero-order chi connectivity index (χ0) is 33.0. The monoisotopic (exact) mass is 826 g/mol. The first-order chi connectivity index (χ1) is 21.3. The van der Waals surface area contributed by atoms with E-state index in [0.29, 0.717) is 38.7 Å². The molecule has 0 atom stereocenters. The standard InChI is InChI=1S/C16H14BrClN2OS.C10H6BrClO2.C6H10N2S.CH4/c1-3-13-8(2)22-16(19-13)20-15(21)12-6-9-4-5-10(17)7-11(9)14(12)18;11-6-2-1-5-3-8(10(13)14)9(12)7(5)4-6;1-3-5-4(2)9-6(7)8-5;/h4-5,7H,3,6H2,1-2H3,(H,19,20,21);1-2,4H,3H2,(H,13,14);3H2,1-2H3,(H2,7,8);1H4. The molecule has 0 bridgehead atoms. The fraction of sp³-hybridized carbons (Fsp3) is 0.273. The van der Waals surface area contributed by atoms with Gasteiger partial charge in [0.25, 0.3) is 5.91 Å². The number of carbonyl (C=O) groups excluding carboxylic acids is 1. The summed E-state index contributed by atoms with van der Waals surface area (Å²) in [6, 6.07) is 11.5. The second-order valence-electron chi connectivity index (χ2n) is 10.1. The van der Waals surface area contributed by atoms with Crippen LogP contribution in [0.5, 0.6) is 0 Å². The Labute approximate surface area is 304 Å². The summed E-state index contributed by atoms with van der Waals surface area (Å²) in [6.07, 6.45) is 2.82. The number of aromatic nitrogens is 2. The minimum absolute atomic E-state index is 0. The Morgan fingerprint density at radius 2 is 1.35 bits per heavy atom. The molecule has 0 unspecified atom stereocenters. The number of thiazole rings is 2. The number of hydrogen-bond donors (Lipinski definition) is 3. The number of aliphatic carboxylic acids is 1. The number of carboxylic acids is 1. The van der Waals surface area contributed by atoms with Crippen LogP contribution in [0, 0.1) is 13.8 Å². The molecular weight excluding hydrogens is 795 g/mol. The van der Waals surface area contributed by atoms with Crippen LogP contribution >= 0.6 is 77.7 Å². The Morgan fingerprint density at radius 3 is 1.78 bits per heavy atom. The third-order valence-electron chi connectivity index (χ3n) is 7.11. The van der Waals surface area contributed by atoms with Gasteiger partial charge in [-0.2, -0.15) is 0 Å². The van der Waals surface area contributed by atoms with Crippen LogP contribution in [-0.2, 0) is 35.3 Å². The van der Waals surface area contributed by atoms with Crippen molar-refractivity contribution in [2.24, 2.45) is 0 Å². The van der Waals surface area contributed by atoms with Crippen molar-refractivity contribution in [1.29, 1.82) is 0 Å². The molecule has 0 spiro atoms. The van der Waals surface area contributed by atoms with Crippen molar-refractivity contribution in [1.82, 2.24) is 9.97 Å². The quantitative estimate of drug-likeness (QED) is 0.184. The molecule has 13 heteroatoms. The van der Waals surface area contributed by atoms with E-state index in [1.807, 2.05) is 50.2 Å². The van der Waals surface area contributed by atoms with E-state index < -0.39 is 5.97 Å². The summed E-state index contributed by atoms with van der Waals surface area (Å²) in [5.41, 5.74) is 12.3. The van der Waals surface area contributed by atoms with E-state index in [2.05, 4.69) is 61.0 Å². The number of aryl methyl sites for hydroxylation is 4. The first kappa shape index (κ1) is 37.9. The van der Waals surface area contributed by atoms with Crippen molar-refractivity contribution >= 4 is 110 Å². The predicted octanol–water partition coefficient (Wildman–Crippen LogP) is 10.2. The number of nitrogens with one attached hydrogen (secondary N) is 1. The van der Waals surface area contributed by atoms with Gasteiger partial charge in [0.2, 0.25) is 0 Å². The highest BCUT2D eigenvalue weighted by Crippen LogP contribution is 2.38. The van der Waals surface area contributed by atoms with E-state index in [1.165, 1.54) is 16.2 Å². The van der Waals surface area contributed by atoms with Crippen molar-refractivity contribution in [3.63, 3.8) is 0 Å². The van der Waals surface area contributed by atoms with Gasteiger partial charge in [-0.25, -0.2) is 14.8 Å². The van der Waals surface area contributed by atoms with Crippen molar-refractivity contribution in [3.05, 3.63) is 99.9 Å². The van der Waals surface area contributed by atoms with Crippen molar-refractivity contribution in [2.45, 2.75) is 60.8 Å². The zero-order valence-corrected chi connectivity index (χ0v) is 31.2. The van der Waals surface area contributed by atoms with Gasteiger partial charge >= 0.3 is 5.97 Å². The molecule has 0 saturated carbocycles. The molecule has 4 aromatic rings. The number of halogens is 4. The molecule has 0 radical (unpaired) electrons. The van der Waals surface area contributed by atoms with Crippen LogP contribution in [0.2, 0.25) is 0 Å². The van der Waals surface area contributed by atoms with Gasteiger partial charge < -0.3 is 10.8 Å². The smallest absolute Gasteiger partial charge is 0.333 e. The highest BCUT2D eigenvalue weighted by molar-refractivity contribution is 9.10. The molecule has 0 aliphatic heterocycles. The minimum Gasteiger partial charge on any atom is -0.478 e. The fourth-order valence-corrected chi connectivity index (χ4v) is 7.83. The van der Waals surface area contributed by atoms with Gasteiger partial charge in [0.1, 0.15) is 0 Å². The fourth-order valence-electron chi connectivity index (χ4n) is 4.79. The first-order valence-corrected chi connectivity index (χ1v) is 17.9. The van der Waals surface area contributed by atoms with Crippen LogP contribution in [0.3, 0.4) is 0 Å². The summed E-state index contributed by atoms with van der Waals surface area (Å²) < 4.78 is 1.86. The lowest BCUT2D eigenvalue weighted by Gasteiger charge is -2.02. The molecule has 2 aromatic heterocycles. The Balaban J connectivity index is 0.000000205. The molecule has 4 N–H and O–H groups in total. The van der Waals surface area contributed by atoms with E-state index >= 15 is 0 Å². The van der Waals surface area contributed by atoms with Crippen molar-refractivity contribution in [2.75, 3.05) is 11.1 Å². The van der Waals surface area contributed by atoms with Crippen LogP contribution < -0.4 is 11.1 Å². The van der Waals surface area contributed by atoms with Crippen LogP contribution in [0.1, 0.15) is 64.7 Å². The molecule has 0 saturated heterocycles. The number of nitrogens with two attached hydrogens (primary N) is 1. The highest BCUT2D eigenvalue weighted by Gasteiger charge is 2.26. The number of carboxylic acid groups (broad SMARTS) is 1. The van der Waals surface area contributed by atoms with Crippen LogP contribution in [-0.4, -0.2) is 27.0 Å². The molecule has 2 heterocycles. The van der Waals surface area contributed by atoms with Gasteiger partial charge in [-0.15, -0.1) is 22.7 Å². The van der Waals surface area contributed by atoms with E-state index in [-0.39, 0.29) is 18.9 Å². The third kappa shape index (κ3) is 8.87. The van der Waals surface area contributed by atoms with Crippen molar-refractivity contribution < 1.29 is 14.7 Å². The Morgan fingerprint density at radius 1 is 0.870 bits per heavy atom. The molecule has 0 fully saturated rings. The number of anilines is 2. The third-order valence-corrected chi connectivity index (χ3v) is 10.7. The number of rotatable bonds is 5. The lowest BCUT2D eigenvalue weighted by molar-refractivity contribution is -0.132. The maximum absolute atomic E-state index is 12.5. The second-order valence-corrected chi connectivity index (χ2v) is 15.1. The molecule has 2 aliphatic carbocycles. The predicted molar refractivity (Wildman–Crippen MR) is 201 cm³/mol. The highest BCUT2D eigenvalue weighted by atomic mass is 79.9. The average molecular weight is 830 g/mol. The lowest BCUT2D eigenvalue weighted by Crippen LogP contribution is -2.14. The number of amides is 1. The van der Waals surface area contributed by atoms with Gasteiger partial charge in [-0.05, 0) is 73.2 Å². The number of carbonyl (C=O) groups is 2. The lowest BCUT2D eigenvalue weighted by atomic mass is 10.1. The molecule has 6 rings (SSSR count). The summed E-state index contributed by atoms with van der Waals surface area (Å²) in [6.45, 7) is 8.20. The largest absolute Gasteiger partial charge is 0.478 e. The van der Waals surface area contributed by atoms with E-state index in [1.54, 1.807) is 11.3 Å². The molecule has 2 aliphatic rings. The average Bonchev–Trinajstić information content (AvgIpc) is 3.72. The number of benzene rings is 2. The van der Waals surface area contributed by atoms with Gasteiger partial charge in [-0.1, -0.05) is 88.5 Å². The van der Waals surface area contributed by atoms with Crippen LogP contribution in [0.4, 0.5) is 10.3 Å². The summed E-state index contributed by atoms with van der Waals surface area (Å²) >= 11 is 22.2. The molecule has 7 nitrogen and oxygen atoms in total. The summed E-state index contributed by atoms with van der Waals surface area (Å²) in [5, 5.41) is 13.9. The van der Waals surface area contributed by atoms with Crippen LogP contribution in [0.15, 0.2) is 56.5 Å². The SMILES string of the molecule is C.CCc1nc(N)sc1C.CCc1nc(NC(=O)C2=C(Cl)c3cc(Br)ccc3C2)sc1C.O=C(O)C1=C(Cl)c2cc(Br)ccc2C1. The maximum Gasteiger partial charge on any atom is 0.333 e. The number of hydrogen-bond acceptors (Lipinski definition) is 7. The molecule has 244 valence electrons. The Hall–Kier alpha value is -2.54. The molecule has 2 aromatic carbocycles. The minimum atomic E-state index is -0.942. The number of fused-ring (bicyclic) bond motifs is 2. The number of nitrogens with zero attached hydrogens (tertiary/aromatic N) is 2. The van der Waals surface area contributed by atoms with E-state index in [0.717, 1.165) is 60.3 Å². The maximum atomic E-state index is 12.5. The zero-order valence-electron chi connectivity index (χ0n) is 24.9. The van der Waals surface area contributed by atoms with Gasteiger partial charge in [0.15, 0.2) is 10.3 Å². The van der Waals surface area contributed by atoms with E-state index in [9.17, 15) is 9.59 Å². The molecule has 46 heavy (non-hydrogen) atoms. The van der Waals surface area contributed by atoms with E-state index in [4.69, 9.17) is 34.0 Å². The molecular formula is C33H34Br2Cl2N4O3S2. The first-order valence-electron chi connectivity index (χ1n) is 13.9. The summed E-state index contributed by atoms with van der Waals surface area (Å²) in [4.78, 5) is 34.2. The Kier molecular flexibility index (Phi) is 13.6. The normalized spacial score (nSPS) is 12.8.